The van der Waals surface area contributed by atoms with Crippen LogP contribution in [-0.2, 0) is 9.57 Å². The van der Waals surface area contributed by atoms with Crippen LogP contribution in [0.1, 0.15) is 43.6 Å². The molecule has 29 heavy (non-hydrogen) atoms. The Labute approximate surface area is 169 Å². The maximum Gasteiger partial charge on any atom is 0.342 e. The summed E-state index contributed by atoms with van der Waals surface area (Å²) in [6, 6.07) is 6.46. The molecule has 0 aliphatic heterocycles. The topological polar surface area (TPSA) is 101 Å². The van der Waals surface area contributed by atoms with Gasteiger partial charge < -0.3 is 23.8 Å². The highest BCUT2D eigenvalue weighted by molar-refractivity contribution is 6.01. The fourth-order valence-corrected chi connectivity index (χ4v) is 2.14. The molecule has 0 radical (unpaired) electrons. The number of hydrogen-bond acceptors (Lipinski definition) is 9. The van der Waals surface area contributed by atoms with Crippen LogP contribution in [0.3, 0.4) is 0 Å². The van der Waals surface area contributed by atoms with Crippen LogP contribution in [0.2, 0.25) is 0 Å². The van der Waals surface area contributed by atoms with Gasteiger partial charge in [-0.05, 0) is 33.8 Å². The third-order valence-electron chi connectivity index (χ3n) is 3.33. The van der Waals surface area contributed by atoms with Crippen LogP contribution >= 0.6 is 0 Å². The van der Waals surface area contributed by atoms with Crippen LogP contribution in [0.15, 0.2) is 29.4 Å². The largest absolute Gasteiger partial charge is 0.481 e. The van der Waals surface area contributed by atoms with E-state index < -0.39 is 11.6 Å². The molecule has 1 aromatic heterocycles. The molecule has 9 nitrogen and oxygen atoms in total. The lowest BCUT2D eigenvalue weighted by atomic mass is 10.1. The second-order valence-electron chi connectivity index (χ2n) is 6.72. The van der Waals surface area contributed by atoms with E-state index in [0.29, 0.717) is 5.56 Å². The lowest BCUT2D eigenvalue weighted by molar-refractivity contribution is 0.00199. The number of benzene rings is 1. The first-order chi connectivity index (χ1) is 13.8. The van der Waals surface area contributed by atoms with E-state index in [-0.39, 0.29) is 35.7 Å². The van der Waals surface area contributed by atoms with Gasteiger partial charge in [-0.25, -0.2) is 4.79 Å². The van der Waals surface area contributed by atoms with Crippen molar-refractivity contribution in [2.75, 3.05) is 20.8 Å². The van der Waals surface area contributed by atoms with Crippen molar-refractivity contribution in [1.29, 1.82) is 0 Å². The van der Waals surface area contributed by atoms with Gasteiger partial charge in [0.15, 0.2) is 0 Å². The second kappa shape index (κ2) is 9.72. The zero-order chi connectivity index (χ0) is 21.4. The summed E-state index contributed by atoms with van der Waals surface area (Å²) in [5.41, 5.74) is 0.153. The van der Waals surface area contributed by atoms with Crippen molar-refractivity contribution in [3.63, 3.8) is 0 Å². The van der Waals surface area contributed by atoms with Crippen LogP contribution < -0.4 is 14.2 Å². The van der Waals surface area contributed by atoms with Gasteiger partial charge in [-0.15, -0.1) is 0 Å². The Bertz CT molecular complexity index is 855. The smallest absolute Gasteiger partial charge is 0.342 e. The molecule has 0 amide bonds. The number of carbonyl (C=O) groups excluding carboxylic acids is 1. The summed E-state index contributed by atoms with van der Waals surface area (Å²) >= 11 is 0. The number of esters is 1. The Balaban J connectivity index is 2.45. The first kappa shape index (κ1) is 21.9. The average Bonchev–Trinajstić information content (AvgIpc) is 2.67. The van der Waals surface area contributed by atoms with Gasteiger partial charge >= 0.3 is 12.0 Å². The number of carbonyl (C=O) groups is 1. The van der Waals surface area contributed by atoms with Crippen LogP contribution in [0.5, 0.6) is 23.5 Å². The minimum absolute atomic E-state index is 0.0493. The summed E-state index contributed by atoms with van der Waals surface area (Å²) in [4.78, 5) is 26.2. The van der Waals surface area contributed by atoms with E-state index in [9.17, 15) is 4.79 Å². The summed E-state index contributed by atoms with van der Waals surface area (Å²) in [5.74, 6) is 0.121. The SMILES string of the molecule is CCOC(=O)c1c(C=NOC(C)(C)C)cccc1Oc1nc(OC)cc(OC)n1. The molecule has 0 atom stereocenters. The molecule has 2 aromatic rings. The molecular formula is C20H25N3O6. The van der Waals surface area contributed by atoms with Crippen LogP contribution in [0.25, 0.3) is 0 Å². The third kappa shape index (κ3) is 6.34. The number of ether oxygens (including phenoxy) is 4. The van der Waals surface area contributed by atoms with E-state index >= 15 is 0 Å². The van der Waals surface area contributed by atoms with Crippen molar-refractivity contribution >= 4 is 12.2 Å². The molecule has 0 saturated carbocycles. The molecule has 0 saturated heterocycles. The summed E-state index contributed by atoms with van der Waals surface area (Å²) in [5, 5.41) is 3.96. The molecule has 0 unspecified atom stereocenters. The van der Waals surface area contributed by atoms with Crippen molar-refractivity contribution in [3.05, 3.63) is 35.4 Å². The lowest BCUT2D eigenvalue weighted by Crippen LogP contribution is -2.16. The molecule has 0 fully saturated rings. The molecule has 0 N–H and O–H groups in total. The highest BCUT2D eigenvalue weighted by Gasteiger charge is 2.20. The van der Waals surface area contributed by atoms with Gasteiger partial charge in [-0.2, -0.15) is 9.97 Å². The summed E-state index contributed by atoms with van der Waals surface area (Å²) in [6.45, 7) is 7.51. The molecule has 1 heterocycles. The fourth-order valence-electron chi connectivity index (χ4n) is 2.14. The maximum absolute atomic E-state index is 12.6. The summed E-state index contributed by atoms with van der Waals surface area (Å²) < 4.78 is 21.2. The van der Waals surface area contributed by atoms with Crippen molar-refractivity contribution in [1.82, 2.24) is 9.97 Å². The van der Waals surface area contributed by atoms with Gasteiger partial charge in [0.1, 0.15) is 16.9 Å². The van der Waals surface area contributed by atoms with E-state index in [1.54, 1.807) is 25.1 Å². The first-order valence-corrected chi connectivity index (χ1v) is 8.94. The van der Waals surface area contributed by atoms with Crippen LogP contribution in [-0.4, -0.2) is 48.6 Å². The molecule has 9 heteroatoms. The van der Waals surface area contributed by atoms with Gasteiger partial charge in [0.2, 0.25) is 11.8 Å². The molecule has 156 valence electrons. The minimum atomic E-state index is -0.574. The number of aromatic nitrogens is 2. The standard InChI is InChI=1S/C20H25N3O6/c1-7-27-18(24)17-13(12-21-29-20(2,3)4)9-8-10-14(17)28-19-22-15(25-5)11-16(23-19)26-6/h8-12H,7H2,1-6H3. The predicted octanol–water partition coefficient (Wildman–Crippen LogP) is 3.61. The monoisotopic (exact) mass is 403 g/mol. The highest BCUT2D eigenvalue weighted by Crippen LogP contribution is 2.29. The number of methoxy groups -OCH3 is 2. The Morgan fingerprint density at radius 3 is 2.34 bits per heavy atom. The van der Waals surface area contributed by atoms with Gasteiger partial charge in [-0.1, -0.05) is 17.3 Å². The predicted molar refractivity (Wildman–Crippen MR) is 106 cm³/mol. The summed E-state index contributed by atoms with van der Waals surface area (Å²) in [7, 11) is 2.92. The third-order valence-corrected chi connectivity index (χ3v) is 3.33. The van der Waals surface area contributed by atoms with E-state index in [4.69, 9.17) is 23.8 Å². The highest BCUT2D eigenvalue weighted by atomic mass is 16.6. The zero-order valence-electron chi connectivity index (χ0n) is 17.4. The Hall–Kier alpha value is -3.36. The van der Waals surface area contributed by atoms with Gasteiger partial charge in [0, 0.05) is 5.56 Å². The lowest BCUT2D eigenvalue weighted by Gasteiger charge is -2.15. The molecule has 0 bridgehead atoms. The van der Waals surface area contributed by atoms with Crippen molar-refractivity contribution in [2.24, 2.45) is 5.16 Å². The van der Waals surface area contributed by atoms with E-state index in [1.807, 2.05) is 20.8 Å². The zero-order valence-corrected chi connectivity index (χ0v) is 17.4. The van der Waals surface area contributed by atoms with E-state index in [0.717, 1.165) is 0 Å². The quantitative estimate of drug-likeness (QED) is 0.374. The molecule has 0 spiro atoms. The fraction of sp³-hybridized carbons (Fsp3) is 0.400. The minimum Gasteiger partial charge on any atom is -0.481 e. The number of rotatable bonds is 8. The molecule has 2 rings (SSSR count). The molecule has 0 aliphatic rings. The number of nitrogens with zero attached hydrogens (tertiary/aromatic N) is 3. The Morgan fingerprint density at radius 1 is 1.14 bits per heavy atom. The van der Waals surface area contributed by atoms with Gasteiger partial charge in [0.05, 0.1) is 33.1 Å². The van der Waals surface area contributed by atoms with Crippen molar-refractivity contribution in [2.45, 2.75) is 33.3 Å². The van der Waals surface area contributed by atoms with Crippen LogP contribution in [0, 0.1) is 0 Å². The van der Waals surface area contributed by atoms with E-state index in [1.165, 1.54) is 26.5 Å². The second-order valence-corrected chi connectivity index (χ2v) is 6.72. The van der Waals surface area contributed by atoms with Gasteiger partial charge in [0.25, 0.3) is 0 Å². The molecule has 0 aliphatic carbocycles. The average molecular weight is 403 g/mol. The number of oxime groups is 1. The van der Waals surface area contributed by atoms with E-state index in [2.05, 4.69) is 15.1 Å². The van der Waals surface area contributed by atoms with Gasteiger partial charge in [-0.3, -0.25) is 0 Å². The maximum atomic E-state index is 12.6. The van der Waals surface area contributed by atoms with Crippen molar-refractivity contribution in [3.8, 4) is 23.5 Å². The Morgan fingerprint density at radius 2 is 1.79 bits per heavy atom. The Kier molecular flexibility index (Phi) is 7.35. The normalized spacial score (nSPS) is 11.2. The van der Waals surface area contributed by atoms with Crippen molar-refractivity contribution < 1.29 is 28.6 Å². The van der Waals surface area contributed by atoms with Crippen LogP contribution in [0.4, 0.5) is 0 Å². The molecule has 1 aromatic carbocycles. The number of hydrogen-bond donors (Lipinski definition) is 0. The summed E-state index contributed by atoms with van der Waals surface area (Å²) in [6.07, 6.45) is 1.43. The molecular weight excluding hydrogens is 378 g/mol. The first-order valence-electron chi connectivity index (χ1n) is 8.94.